The van der Waals surface area contributed by atoms with Crippen molar-refractivity contribution in [1.82, 2.24) is 10.2 Å². The Bertz CT molecular complexity index is 1010. The summed E-state index contributed by atoms with van der Waals surface area (Å²) in [5.74, 6) is 5.88. The van der Waals surface area contributed by atoms with Crippen LogP contribution < -0.4 is 10.6 Å². The van der Waals surface area contributed by atoms with Gasteiger partial charge in [0.1, 0.15) is 5.82 Å². The van der Waals surface area contributed by atoms with Gasteiger partial charge in [0.05, 0.1) is 0 Å². The van der Waals surface area contributed by atoms with Crippen molar-refractivity contribution in [3.63, 3.8) is 0 Å². The van der Waals surface area contributed by atoms with Crippen LogP contribution in [0.5, 0.6) is 0 Å². The van der Waals surface area contributed by atoms with E-state index in [1.807, 2.05) is 65.6 Å². The number of hydrogen-bond acceptors (Lipinski definition) is 3. The van der Waals surface area contributed by atoms with Crippen molar-refractivity contribution in [3.05, 3.63) is 102 Å². The molecule has 4 rings (SSSR count). The Kier molecular flexibility index (Phi) is 14.1. The summed E-state index contributed by atoms with van der Waals surface area (Å²) in [5.41, 5.74) is 2.61. The molecule has 1 saturated heterocycles. The van der Waals surface area contributed by atoms with Gasteiger partial charge in [-0.05, 0) is 81.2 Å². The average molecular weight is 490 g/mol. The molecule has 0 unspecified atom stereocenters. The number of amides is 2. The highest BCUT2D eigenvalue weighted by Crippen LogP contribution is 2.11. The van der Waals surface area contributed by atoms with Crippen molar-refractivity contribution >= 4 is 11.7 Å². The molecule has 190 valence electrons. The summed E-state index contributed by atoms with van der Waals surface area (Å²) in [6.07, 6.45) is 4.13. The Morgan fingerprint density at radius 3 is 1.83 bits per heavy atom. The summed E-state index contributed by atoms with van der Waals surface area (Å²) in [6, 6.07) is 25.9. The molecular formula is C30H36FN3O2. The van der Waals surface area contributed by atoms with E-state index < -0.39 is 0 Å². The van der Waals surface area contributed by atoms with Crippen molar-refractivity contribution in [2.75, 3.05) is 38.6 Å². The van der Waals surface area contributed by atoms with Gasteiger partial charge in [-0.25, -0.2) is 9.18 Å². The standard InChI is InChI=1S/C15H22FN3O.C14H10.CH4O/c16-13-6-5-7-14(12-13)18-15(20)19-10-3-1-8-17-9-2-4-11-19;1-3-7-13(8-4-1)11-12-14-9-5-2-6-10-14;1-2/h5-7,12,17H,1-4,8-11H2,(H,18,20);1-10H;2H,1H3. The molecule has 1 heterocycles. The zero-order valence-electron chi connectivity index (χ0n) is 20.9. The van der Waals surface area contributed by atoms with E-state index in [2.05, 4.69) is 22.5 Å². The average Bonchev–Trinajstić information content (AvgIpc) is 2.93. The number of urea groups is 1. The molecule has 0 spiro atoms. The van der Waals surface area contributed by atoms with E-state index in [0.717, 1.165) is 70.1 Å². The highest BCUT2D eigenvalue weighted by atomic mass is 19.1. The third-order valence-corrected chi connectivity index (χ3v) is 5.33. The third kappa shape index (κ3) is 11.7. The lowest BCUT2D eigenvalue weighted by Gasteiger charge is -2.24. The van der Waals surface area contributed by atoms with Gasteiger partial charge < -0.3 is 20.6 Å². The van der Waals surface area contributed by atoms with Crippen LogP contribution in [0.4, 0.5) is 14.9 Å². The fourth-order valence-electron chi connectivity index (χ4n) is 3.50. The normalized spacial score (nSPS) is 13.4. The van der Waals surface area contributed by atoms with Gasteiger partial charge in [0, 0.05) is 37.0 Å². The molecule has 2 amide bonds. The Balaban J connectivity index is 0.000000250. The number of nitrogens with zero attached hydrogens (tertiary/aromatic N) is 1. The van der Waals surface area contributed by atoms with Crippen LogP contribution >= 0.6 is 0 Å². The Hall–Kier alpha value is -3.66. The molecule has 6 heteroatoms. The Labute approximate surface area is 214 Å². The van der Waals surface area contributed by atoms with Crippen LogP contribution in [-0.4, -0.2) is 49.3 Å². The van der Waals surface area contributed by atoms with Gasteiger partial charge in [0.2, 0.25) is 0 Å². The lowest BCUT2D eigenvalue weighted by molar-refractivity contribution is 0.208. The summed E-state index contributed by atoms with van der Waals surface area (Å²) in [4.78, 5) is 14.0. The SMILES string of the molecule is C(#Cc1ccccc1)c1ccccc1.CO.O=C(Nc1cccc(F)c1)N1CCCCNCCCC1. The second-order valence-electron chi connectivity index (χ2n) is 8.07. The molecule has 0 aliphatic carbocycles. The van der Waals surface area contributed by atoms with E-state index in [1.165, 1.54) is 12.1 Å². The van der Waals surface area contributed by atoms with Crippen molar-refractivity contribution < 1.29 is 14.3 Å². The number of anilines is 1. The number of benzene rings is 3. The molecule has 3 aromatic carbocycles. The van der Waals surface area contributed by atoms with Crippen molar-refractivity contribution in [1.29, 1.82) is 0 Å². The van der Waals surface area contributed by atoms with Crippen LogP contribution in [-0.2, 0) is 0 Å². The first-order chi connectivity index (χ1) is 17.7. The zero-order valence-corrected chi connectivity index (χ0v) is 20.9. The lowest BCUT2D eigenvalue weighted by atomic mass is 10.2. The predicted octanol–water partition coefficient (Wildman–Crippen LogP) is 5.52. The van der Waals surface area contributed by atoms with Crippen molar-refractivity contribution in [2.45, 2.75) is 25.7 Å². The largest absolute Gasteiger partial charge is 0.400 e. The van der Waals surface area contributed by atoms with E-state index in [1.54, 1.807) is 12.1 Å². The summed E-state index contributed by atoms with van der Waals surface area (Å²) in [7, 11) is 1.00. The van der Waals surface area contributed by atoms with Crippen LogP contribution in [0.3, 0.4) is 0 Å². The van der Waals surface area contributed by atoms with E-state index in [-0.39, 0.29) is 11.8 Å². The summed E-state index contributed by atoms with van der Waals surface area (Å²) < 4.78 is 13.1. The minimum Gasteiger partial charge on any atom is -0.400 e. The third-order valence-electron chi connectivity index (χ3n) is 5.33. The second kappa shape index (κ2) is 17.7. The molecule has 1 aliphatic heterocycles. The summed E-state index contributed by atoms with van der Waals surface area (Å²) in [6.45, 7) is 3.53. The van der Waals surface area contributed by atoms with Crippen LogP contribution in [0.2, 0.25) is 0 Å². The number of carbonyl (C=O) groups is 1. The monoisotopic (exact) mass is 489 g/mol. The predicted molar refractivity (Wildman–Crippen MR) is 145 cm³/mol. The Morgan fingerprint density at radius 1 is 0.806 bits per heavy atom. The molecule has 0 atom stereocenters. The number of carbonyl (C=O) groups excluding carboxylic acids is 1. The maximum absolute atomic E-state index is 13.1. The maximum Gasteiger partial charge on any atom is 0.321 e. The molecule has 0 radical (unpaired) electrons. The second-order valence-corrected chi connectivity index (χ2v) is 8.07. The summed E-state index contributed by atoms with van der Waals surface area (Å²) >= 11 is 0. The van der Waals surface area contributed by atoms with Crippen LogP contribution in [0.15, 0.2) is 84.9 Å². The molecule has 1 fully saturated rings. The van der Waals surface area contributed by atoms with E-state index in [9.17, 15) is 9.18 Å². The van der Waals surface area contributed by atoms with E-state index in [4.69, 9.17) is 5.11 Å². The van der Waals surface area contributed by atoms with Gasteiger partial charge in [-0.2, -0.15) is 0 Å². The first-order valence-corrected chi connectivity index (χ1v) is 12.3. The summed E-state index contributed by atoms with van der Waals surface area (Å²) in [5, 5.41) is 13.2. The van der Waals surface area contributed by atoms with E-state index >= 15 is 0 Å². The zero-order chi connectivity index (χ0) is 25.8. The highest BCUT2D eigenvalue weighted by molar-refractivity contribution is 5.89. The van der Waals surface area contributed by atoms with Crippen LogP contribution in [0, 0.1) is 17.7 Å². The van der Waals surface area contributed by atoms with Crippen LogP contribution in [0.25, 0.3) is 0 Å². The minimum absolute atomic E-state index is 0.135. The molecule has 5 nitrogen and oxygen atoms in total. The molecule has 3 aromatic rings. The van der Waals surface area contributed by atoms with E-state index in [0.29, 0.717) is 5.69 Å². The first-order valence-electron chi connectivity index (χ1n) is 12.3. The fourth-order valence-corrected chi connectivity index (χ4v) is 3.50. The van der Waals surface area contributed by atoms with Gasteiger partial charge in [0.15, 0.2) is 0 Å². The van der Waals surface area contributed by atoms with Crippen molar-refractivity contribution in [3.8, 4) is 11.8 Å². The van der Waals surface area contributed by atoms with Gasteiger partial charge >= 0.3 is 6.03 Å². The van der Waals surface area contributed by atoms with Gasteiger partial charge in [-0.1, -0.05) is 54.3 Å². The molecule has 0 bridgehead atoms. The Morgan fingerprint density at radius 2 is 1.33 bits per heavy atom. The van der Waals surface area contributed by atoms with Crippen LogP contribution in [0.1, 0.15) is 36.8 Å². The molecule has 0 saturated carbocycles. The topological polar surface area (TPSA) is 64.6 Å². The van der Waals surface area contributed by atoms with Gasteiger partial charge in [-0.3, -0.25) is 0 Å². The molecular weight excluding hydrogens is 453 g/mol. The number of rotatable bonds is 1. The number of aliphatic hydroxyl groups is 1. The number of aliphatic hydroxyl groups excluding tert-OH is 1. The maximum atomic E-state index is 13.1. The lowest BCUT2D eigenvalue weighted by Crippen LogP contribution is -2.37. The molecule has 0 aromatic heterocycles. The number of halogens is 1. The van der Waals surface area contributed by atoms with Gasteiger partial charge in [-0.15, -0.1) is 0 Å². The minimum atomic E-state index is -0.338. The fraction of sp³-hybridized carbons (Fsp3) is 0.300. The van der Waals surface area contributed by atoms with Gasteiger partial charge in [0.25, 0.3) is 0 Å². The first kappa shape index (κ1) is 28.6. The molecule has 3 N–H and O–H groups in total. The quantitative estimate of drug-likeness (QED) is 0.395. The smallest absolute Gasteiger partial charge is 0.321 e. The van der Waals surface area contributed by atoms with Crippen molar-refractivity contribution in [2.24, 2.45) is 0 Å². The number of nitrogens with one attached hydrogen (secondary N) is 2. The molecule has 1 aliphatic rings. The highest BCUT2D eigenvalue weighted by Gasteiger charge is 2.14. The molecule has 36 heavy (non-hydrogen) atoms. The number of hydrogen-bond donors (Lipinski definition) is 3.